The number of methoxy groups -OCH3 is 1. The number of ether oxygens (including phenoxy) is 1. The molecule has 0 saturated carbocycles. The molecule has 1 atom stereocenters. The molecule has 0 aliphatic carbocycles. The molecule has 0 bridgehead atoms. The highest BCUT2D eigenvalue weighted by molar-refractivity contribution is 5.94. The minimum atomic E-state index is 0.1000. The molecular weight excluding hydrogens is 362 g/mol. The van der Waals surface area contributed by atoms with E-state index in [0.29, 0.717) is 5.92 Å². The summed E-state index contributed by atoms with van der Waals surface area (Å²) in [5.74, 6) is 2.29. The summed E-state index contributed by atoms with van der Waals surface area (Å²) in [7, 11) is 1.63. The van der Waals surface area contributed by atoms with Crippen molar-refractivity contribution in [3.05, 3.63) is 72.1 Å². The summed E-state index contributed by atoms with van der Waals surface area (Å²) in [5.41, 5.74) is 3.00. The summed E-state index contributed by atoms with van der Waals surface area (Å²) in [6.45, 7) is 4.57. The van der Waals surface area contributed by atoms with Crippen molar-refractivity contribution in [3.8, 4) is 17.1 Å². The number of rotatable bonds is 5. The zero-order valence-corrected chi connectivity index (χ0v) is 17.0. The van der Waals surface area contributed by atoms with Crippen LogP contribution in [0.4, 0.5) is 0 Å². The predicted molar refractivity (Wildman–Crippen MR) is 114 cm³/mol. The van der Waals surface area contributed by atoms with E-state index < -0.39 is 0 Å². The number of likely N-dealkylation sites (tertiary alicyclic amines) is 1. The van der Waals surface area contributed by atoms with Gasteiger partial charge in [0.25, 0.3) is 5.91 Å². The molecule has 1 aliphatic heterocycles. The smallest absolute Gasteiger partial charge is 0.253 e. The van der Waals surface area contributed by atoms with E-state index in [-0.39, 0.29) is 5.91 Å². The first-order valence-electron chi connectivity index (χ1n) is 10.2. The van der Waals surface area contributed by atoms with Crippen LogP contribution in [0.15, 0.2) is 60.8 Å². The molecule has 5 nitrogen and oxygen atoms in total. The van der Waals surface area contributed by atoms with Crippen LogP contribution in [0.5, 0.6) is 5.75 Å². The minimum absolute atomic E-state index is 0.1000. The minimum Gasteiger partial charge on any atom is -0.497 e. The van der Waals surface area contributed by atoms with Crippen LogP contribution in [0.3, 0.4) is 0 Å². The second-order valence-corrected chi connectivity index (χ2v) is 7.69. The molecule has 1 amide bonds. The molecule has 1 unspecified atom stereocenters. The van der Waals surface area contributed by atoms with Gasteiger partial charge in [-0.15, -0.1) is 0 Å². The van der Waals surface area contributed by atoms with E-state index in [1.165, 1.54) is 0 Å². The molecule has 0 radical (unpaired) electrons. The number of nitrogens with zero attached hydrogens (tertiary/aromatic N) is 3. The molecule has 0 N–H and O–H groups in total. The SMILES string of the molecule is COc1ccc(C(=O)N2CCCC(Cn3c(C)cnc3-c3ccccc3)C2)cc1. The zero-order chi connectivity index (χ0) is 20.2. The second-order valence-electron chi connectivity index (χ2n) is 7.69. The Morgan fingerprint density at radius 2 is 1.90 bits per heavy atom. The van der Waals surface area contributed by atoms with Gasteiger partial charge in [-0.1, -0.05) is 30.3 Å². The quantitative estimate of drug-likeness (QED) is 0.649. The molecule has 0 spiro atoms. The van der Waals surface area contributed by atoms with E-state index in [0.717, 1.165) is 60.9 Å². The van der Waals surface area contributed by atoms with E-state index in [2.05, 4.69) is 28.6 Å². The number of hydrogen-bond acceptors (Lipinski definition) is 3. The maximum atomic E-state index is 13.0. The zero-order valence-electron chi connectivity index (χ0n) is 17.0. The largest absolute Gasteiger partial charge is 0.497 e. The summed E-state index contributed by atoms with van der Waals surface area (Å²) in [4.78, 5) is 19.6. The van der Waals surface area contributed by atoms with Gasteiger partial charge in [0.05, 0.1) is 7.11 Å². The highest BCUT2D eigenvalue weighted by Gasteiger charge is 2.26. The predicted octanol–water partition coefficient (Wildman–Crippen LogP) is 4.42. The Balaban J connectivity index is 1.48. The number of imidazole rings is 1. The Hall–Kier alpha value is -3.08. The third kappa shape index (κ3) is 4.19. The third-order valence-corrected chi connectivity index (χ3v) is 5.67. The Bertz CT molecular complexity index is 964. The molecule has 29 heavy (non-hydrogen) atoms. The fourth-order valence-electron chi connectivity index (χ4n) is 4.08. The van der Waals surface area contributed by atoms with Crippen LogP contribution in [-0.2, 0) is 6.54 Å². The first kappa shape index (κ1) is 19.2. The van der Waals surface area contributed by atoms with Crippen LogP contribution in [0, 0.1) is 12.8 Å². The van der Waals surface area contributed by atoms with Gasteiger partial charge < -0.3 is 14.2 Å². The van der Waals surface area contributed by atoms with Crippen molar-refractivity contribution in [2.75, 3.05) is 20.2 Å². The van der Waals surface area contributed by atoms with Crippen LogP contribution in [0.2, 0.25) is 0 Å². The molecule has 2 heterocycles. The maximum Gasteiger partial charge on any atom is 0.253 e. The number of carbonyl (C=O) groups excluding carboxylic acids is 1. The summed E-state index contributed by atoms with van der Waals surface area (Å²) in [6, 6.07) is 17.7. The van der Waals surface area contributed by atoms with Gasteiger partial charge in [0.15, 0.2) is 0 Å². The van der Waals surface area contributed by atoms with Crippen molar-refractivity contribution >= 4 is 5.91 Å². The van der Waals surface area contributed by atoms with Crippen molar-refractivity contribution in [2.45, 2.75) is 26.3 Å². The van der Waals surface area contributed by atoms with Gasteiger partial charge in [0.1, 0.15) is 11.6 Å². The van der Waals surface area contributed by atoms with E-state index in [1.54, 1.807) is 7.11 Å². The molecule has 4 rings (SSSR count). The van der Waals surface area contributed by atoms with Gasteiger partial charge in [-0.2, -0.15) is 0 Å². The lowest BCUT2D eigenvalue weighted by Crippen LogP contribution is -2.41. The monoisotopic (exact) mass is 389 g/mol. The first-order chi connectivity index (χ1) is 14.2. The lowest BCUT2D eigenvalue weighted by Gasteiger charge is -2.33. The van der Waals surface area contributed by atoms with Gasteiger partial charge in [-0.05, 0) is 49.9 Å². The maximum absolute atomic E-state index is 13.0. The Labute approximate surface area is 171 Å². The summed E-state index contributed by atoms with van der Waals surface area (Å²) in [6.07, 6.45) is 4.09. The average molecular weight is 389 g/mol. The first-order valence-corrected chi connectivity index (χ1v) is 10.2. The van der Waals surface area contributed by atoms with Crippen molar-refractivity contribution in [1.82, 2.24) is 14.5 Å². The van der Waals surface area contributed by atoms with Gasteiger partial charge >= 0.3 is 0 Å². The van der Waals surface area contributed by atoms with E-state index in [9.17, 15) is 4.79 Å². The number of amides is 1. The number of benzene rings is 2. The van der Waals surface area contributed by atoms with Crippen molar-refractivity contribution in [2.24, 2.45) is 5.92 Å². The molecule has 3 aromatic rings. The standard InChI is InChI=1S/C24H27N3O2/c1-18-15-25-23(20-8-4-3-5-9-20)27(18)17-19-7-6-14-26(16-19)24(28)21-10-12-22(29-2)13-11-21/h3-5,8-13,15,19H,6-7,14,16-17H2,1-2H3. The van der Waals surface area contributed by atoms with Gasteiger partial charge in [0.2, 0.25) is 0 Å². The number of aromatic nitrogens is 2. The van der Waals surface area contributed by atoms with Crippen LogP contribution < -0.4 is 4.74 Å². The van der Waals surface area contributed by atoms with E-state index >= 15 is 0 Å². The van der Waals surface area contributed by atoms with Crippen LogP contribution in [0.25, 0.3) is 11.4 Å². The Kier molecular flexibility index (Phi) is 5.65. The second kappa shape index (κ2) is 8.52. The van der Waals surface area contributed by atoms with Crippen molar-refractivity contribution in [1.29, 1.82) is 0 Å². The summed E-state index contributed by atoms with van der Waals surface area (Å²) >= 11 is 0. The number of carbonyl (C=O) groups is 1. The van der Waals surface area contributed by atoms with Crippen molar-refractivity contribution in [3.63, 3.8) is 0 Å². The fraction of sp³-hybridized carbons (Fsp3) is 0.333. The number of hydrogen-bond donors (Lipinski definition) is 0. The Morgan fingerprint density at radius 3 is 2.62 bits per heavy atom. The van der Waals surface area contributed by atoms with Crippen molar-refractivity contribution < 1.29 is 9.53 Å². The van der Waals surface area contributed by atoms with E-state index in [4.69, 9.17) is 4.74 Å². The Morgan fingerprint density at radius 1 is 1.14 bits per heavy atom. The topological polar surface area (TPSA) is 47.4 Å². The molecule has 1 aromatic heterocycles. The molecule has 1 fully saturated rings. The van der Waals surface area contributed by atoms with Gasteiger partial charge in [-0.3, -0.25) is 4.79 Å². The summed E-state index contributed by atoms with van der Waals surface area (Å²) < 4.78 is 7.49. The molecule has 1 aliphatic rings. The van der Waals surface area contributed by atoms with E-state index in [1.807, 2.05) is 53.6 Å². The van der Waals surface area contributed by atoms with Crippen LogP contribution >= 0.6 is 0 Å². The highest BCUT2D eigenvalue weighted by Crippen LogP contribution is 2.25. The van der Waals surface area contributed by atoms with Crippen LogP contribution in [0.1, 0.15) is 28.9 Å². The lowest BCUT2D eigenvalue weighted by molar-refractivity contribution is 0.0662. The molecule has 2 aromatic carbocycles. The van der Waals surface area contributed by atoms with Gasteiger partial charge in [0, 0.05) is 42.7 Å². The normalized spacial score (nSPS) is 16.6. The molecule has 5 heteroatoms. The number of aryl methyl sites for hydroxylation is 1. The average Bonchev–Trinajstić information content (AvgIpc) is 3.14. The van der Waals surface area contributed by atoms with Gasteiger partial charge in [-0.25, -0.2) is 4.98 Å². The highest BCUT2D eigenvalue weighted by atomic mass is 16.5. The third-order valence-electron chi connectivity index (χ3n) is 5.67. The van der Waals surface area contributed by atoms with Crippen LogP contribution in [-0.4, -0.2) is 40.6 Å². The molecule has 1 saturated heterocycles. The lowest BCUT2D eigenvalue weighted by atomic mass is 9.97. The molecular formula is C24H27N3O2. The fourth-order valence-corrected chi connectivity index (χ4v) is 4.08. The summed E-state index contributed by atoms with van der Waals surface area (Å²) in [5, 5.41) is 0. The number of piperidine rings is 1. The molecule has 150 valence electrons.